The predicted molar refractivity (Wildman–Crippen MR) is 78.1 cm³/mol. The van der Waals surface area contributed by atoms with Crippen LogP contribution in [-0.4, -0.2) is 30.8 Å². The van der Waals surface area contributed by atoms with Crippen molar-refractivity contribution in [1.82, 2.24) is 5.32 Å². The number of halogens is 1. The summed E-state index contributed by atoms with van der Waals surface area (Å²) in [6.45, 7) is 9.67. The van der Waals surface area contributed by atoms with E-state index in [0.717, 1.165) is 17.8 Å². The number of benzene rings is 1. The number of aliphatic hydroxyl groups is 1. The first-order valence-corrected chi connectivity index (χ1v) is 6.91. The van der Waals surface area contributed by atoms with Gasteiger partial charge in [-0.25, -0.2) is 4.39 Å². The molecule has 1 aromatic carbocycles. The number of hydrogen-bond acceptors (Lipinski definition) is 3. The molecular weight excluding hydrogens is 243 g/mol. The van der Waals surface area contributed by atoms with Crippen LogP contribution in [0.1, 0.15) is 39.3 Å². The van der Waals surface area contributed by atoms with Crippen LogP contribution < -0.4 is 10.2 Å². The summed E-state index contributed by atoms with van der Waals surface area (Å²) in [4.78, 5) is 2.10. The Labute approximate surface area is 115 Å². The van der Waals surface area contributed by atoms with Crippen molar-refractivity contribution >= 4 is 5.69 Å². The number of rotatable bonds is 7. The minimum Gasteiger partial charge on any atom is -0.395 e. The molecule has 0 saturated carbocycles. The zero-order valence-corrected chi connectivity index (χ0v) is 12.3. The third-order valence-electron chi connectivity index (χ3n) is 3.24. The molecular formula is C15H25FN2O. The van der Waals surface area contributed by atoms with Gasteiger partial charge in [-0.1, -0.05) is 6.92 Å². The van der Waals surface area contributed by atoms with Gasteiger partial charge in [-0.15, -0.1) is 0 Å². The number of aliphatic hydroxyl groups excluding tert-OH is 1. The summed E-state index contributed by atoms with van der Waals surface area (Å²) in [6.07, 6.45) is 0. The highest BCUT2D eigenvalue weighted by atomic mass is 19.1. The van der Waals surface area contributed by atoms with Gasteiger partial charge >= 0.3 is 0 Å². The summed E-state index contributed by atoms with van der Waals surface area (Å²) in [5, 5.41) is 12.5. The zero-order chi connectivity index (χ0) is 14.4. The number of nitrogens with zero attached hydrogens (tertiary/aromatic N) is 1. The number of nitrogens with one attached hydrogen (secondary N) is 1. The maximum atomic E-state index is 13.5. The molecule has 4 heteroatoms. The molecule has 1 aromatic rings. The van der Waals surface area contributed by atoms with Crippen molar-refractivity contribution in [3.05, 3.63) is 29.6 Å². The highest BCUT2D eigenvalue weighted by molar-refractivity contribution is 5.55. The Hall–Kier alpha value is -1.13. The van der Waals surface area contributed by atoms with E-state index in [4.69, 9.17) is 0 Å². The van der Waals surface area contributed by atoms with Gasteiger partial charge < -0.3 is 15.3 Å². The standard InChI is InChI=1S/C15H25FN2O/c1-5-17-12(4)14-10-13(16)6-7-15(14)18(8-9-19)11(2)3/h6-7,10-12,17,19H,5,8-9H2,1-4H3. The van der Waals surface area contributed by atoms with E-state index in [1.807, 2.05) is 13.8 Å². The van der Waals surface area contributed by atoms with Crippen molar-refractivity contribution in [3.8, 4) is 0 Å². The molecule has 0 saturated heterocycles. The van der Waals surface area contributed by atoms with E-state index in [1.165, 1.54) is 6.07 Å². The first-order valence-electron chi connectivity index (χ1n) is 6.91. The largest absolute Gasteiger partial charge is 0.395 e. The maximum absolute atomic E-state index is 13.5. The van der Waals surface area contributed by atoms with Crippen LogP contribution >= 0.6 is 0 Å². The molecule has 0 aliphatic rings. The van der Waals surface area contributed by atoms with Gasteiger partial charge in [-0.3, -0.25) is 0 Å². The summed E-state index contributed by atoms with van der Waals surface area (Å²) in [5.74, 6) is -0.226. The van der Waals surface area contributed by atoms with Crippen molar-refractivity contribution in [2.75, 3.05) is 24.6 Å². The lowest BCUT2D eigenvalue weighted by atomic mass is 10.0. The molecule has 2 N–H and O–H groups in total. The monoisotopic (exact) mass is 268 g/mol. The van der Waals surface area contributed by atoms with Gasteiger partial charge in [-0.05, 0) is 51.1 Å². The van der Waals surface area contributed by atoms with E-state index in [1.54, 1.807) is 12.1 Å². The van der Waals surface area contributed by atoms with Crippen LogP contribution in [0.2, 0.25) is 0 Å². The molecule has 0 radical (unpaired) electrons. The second-order valence-corrected chi connectivity index (χ2v) is 4.99. The first-order chi connectivity index (χ1) is 9.01. The molecule has 0 bridgehead atoms. The Morgan fingerprint density at radius 2 is 2.00 bits per heavy atom. The average Bonchev–Trinajstić information content (AvgIpc) is 2.36. The van der Waals surface area contributed by atoms with Crippen LogP contribution in [0, 0.1) is 5.82 Å². The van der Waals surface area contributed by atoms with Crippen molar-refractivity contribution in [1.29, 1.82) is 0 Å². The van der Waals surface area contributed by atoms with E-state index < -0.39 is 0 Å². The summed E-state index contributed by atoms with van der Waals surface area (Å²) in [6, 6.07) is 5.19. The van der Waals surface area contributed by atoms with Crippen molar-refractivity contribution in [2.24, 2.45) is 0 Å². The Balaban J connectivity index is 3.16. The van der Waals surface area contributed by atoms with Gasteiger partial charge in [-0.2, -0.15) is 0 Å². The molecule has 0 aliphatic heterocycles. The molecule has 0 amide bonds. The molecule has 0 aromatic heterocycles. The second-order valence-electron chi connectivity index (χ2n) is 4.99. The van der Waals surface area contributed by atoms with Crippen LogP contribution in [-0.2, 0) is 0 Å². The summed E-state index contributed by atoms with van der Waals surface area (Å²) < 4.78 is 13.5. The summed E-state index contributed by atoms with van der Waals surface area (Å²) in [5.41, 5.74) is 1.92. The maximum Gasteiger partial charge on any atom is 0.123 e. The zero-order valence-electron chi connectivity index (χ0n) is 12.3. The van der Waals surface area contributed by atoms with Crippen molar-refractivity contribution in [2.45, 2.75) is 39.8 Å². The minimum atomic E-state index is -0.226. The van der Waals surface area contributed by atoms with Gasteiger partial charge in [0.05, 0.1) is 6.61 Å². The molecule has 1 rings (SSSR count). The fraction of sp³-hybridized carbons (Fsp3) is 0.600. The highest BCUT2D eigenvalue weighted by Gasteiger charge is 2.18. The molecule has 0 aliphatic carbocycles. The third-order valence-corrected chi connectivity index (χ3v) is 3.24. The van der Waals surface area contributed by atoms with Crippen LogP contribution in [0.5, 0.6) is 0 Å². The molecule has 3 nitrogen and oxygen atoms in total. The van der Waals surface area contributed by atoms with E-state index in [9.17, 15) is 9.50 Å². The molecule has 19 heavy (non-hydrogen) atoms. The Kier molecular flexibility index (Phi) is 6.25. The van der Waals surface area contributed by atoms with Crippen LogP contribution in [0.4, 0.5) is 10.1 Å². The second kappa shape index (κ2) is 7.46. The fourth-order valence-corrected chi connectivity index (χ4v) is 2.31. The smallest absolute Gasteiger partial charge is 0.123 e. The SMILES string of the molecule is CCNC(C)c1cc(F)ccc1N(CCO)C(C)C. The van der Waals surface area contributed by atoms with Crippen molar-refractivity contribution in [3.63, 3.8) is 0 Å². The van der Waals surface area contributed by atoms with Crippen LogP contribution in [0.3, 0.4) is 0 Å². The predicted octanol–water partition coefficient (Wildman–Crippen LogP) is 2.70. The van der Waals surface area contributed by atoms with Gasteiger partial charge in [0.25, 0.3) is 0 Å². The Morgan fingerprint density at radius 3 is 2.53 bits per heavy atom. The van der Waals surface area contributed by atoms with Gasteiger partial charge in [0, 0.05) is 24.3 Å². The van der Waals surface area contributed by atoms with Gasteiger partial charge in [0.15, 0.2) is 0 Å². The first kappa shape index (κ1) is 15.9. The topological polar surface area (TPSA) is 35.5 Å². The lowest BCUT2D eigenvalue weighted by molar-refractivity contribution is 0.299. The fourth-order valence-electron chi connectivity index (χ4n) is 2.31. The van der Waals surface area contributed by atoms with Gasteiger partial charge in [0.2, 0.25) is 0 Å². The number of anilines is 1. The summed E-state index contributed by atoms with van der Waals surface area (Å²) >= 11 is 0. The average molecular weight is 268 g/mol. The number of hydrogen-bond donors (Lipinski definition) is 2. The van der Waals surface area contributed by atoms with Crippen LogP contribution in [0.25, 0.3) is 0 Å². The van der Waals surface area contributed by atoms with E-state index >= 15 is 0 Å². The molecule has 1 unspecified atom stereocenters. The van der Waals surface area contributed by atoms with Gasteiger partial charge in [0.1, 0.15) is 5.82 Å². The van der Waals surface area contributed by atoms with E-state index in [0.29, 0.717) is 6.54 Å². The minimum absolute atomic E-state index is 0.0793. The Morgan fingerprint density at radius 1 is 1.32 bits per heavy atom. The molecule has 108 valence electrons. The van der Waals surface area contributed by atoms with E-state index in [-0.39, 0.29) is 24.5 Å². The molecule has 0 fully saturated rings. The van der Waals surface area contributed by atoms with E-state index in [2.05, 4.69) is 24.1 Å². The third kappa shape index (κ3) is 4.18. The Bertz CT molecular complexity index is 396. The molecule has 0 spiro atoms. The summed E-state index contributed by atoms with van der Waals surface area (Å²) in [7, 11) is 0. The lowest BCUT2D eigenvalue weighted by Gasteiger charge is -2.32. The lowest BCUT2D eigenvalue weighted by Crippen LogP contribution is -2.35. The highest BCUT2D eigenvalue weighted by Crippen LogP contribution is 2.28. The van der Waals surface area contributed by atoms with Crippen LogP contribution in [0.15, 0.2) is 18.2 Å². The molecule has 1 atom stereocenters. The quantitative estimate of drug-likeness (QED) is 0.798. The molecule has 0 heterocycles. The van der Waals surface area contributed by atoms with Crippen molar-refractivity contribution < 1.29 is 9.50 Å². The normalized spacial score (nSPS) is 12.8.